The lowest BCUT2D eigenvalue weighted by atomic mass is 9.77. The lowest BCUT2D eigenvalue weighted by molar-refractivity contribution is -0.150. The van der Waals surface area contributed by atoms with E-state index in [4.69, 9.17) is 9.47 Å². The standard InChI is InChI=1S/C16H25NO2S/c1-2-17-15(14-4-3-11-20-14)13-5-8-19-16(12-13)6-9-18-10-7-16/h3-4,11,13,15,17H,2,5-10,12H2,1H3. The smallest absolute Gasteiger partial charge is 0.0729 e. The third-order valence-corrected chi connectivity index (χ3v) is 5.64. The van der Waals surface area contributed by atoms with E-state index in [0.29, 0.717) is 12.0 Å². The van der Waals surface area contributed by atoms with Gasteiger partial charge in [0.25, 0.3) is 0 Å². The second-order valence-corrected chi connectivity index (χ2v) is 6.93. The van der Waals surface area contributed by atoms with Crippen LogP contribution in [0.2, 0.25) is 0 Å². The van der Waals surface area contributed by atoms with Crippen LogP contribution in [0.5, 0.6) is 0 Å². The molecule has 112 valence electrons. The summed E-state index contributed by atoms with van der Waals surface area (Å²) in [4.78, 5) is 1.47. The Labute approximate surface area is 125 Å². The summed E-state index contributed by atoms with van der Waals surface area (Å²) in [5.41, 5.74) is 0.0894. The molecule has 1 aromatic heterocycles. The molecule has 1 aromatic rings. The van der Waals surface area contributed by atoms with Crippen LogP contribution in [0.15, 0.2) is 17.5 Å². The molecule has 0 amide bonds. The molecular weight excluding hydrogens is 270 g/mol. The minimum absolute atomic E-state index is 0.0894. The predicted molar refractivity (Wildman–Crippen MR) is 82.2 cm³/mol. The van der Waals surface area contributed by atoms with Gasteiger partial charge in [0, 0.05) is 30.7 Å². The van der Waals surface area contributed by atoms with Crippen LogP contribution in [0.3, 0.4) is 0 Å². The molecule has 2 saturated heterocycles. The van der Waals surface area contributed by atoms with Crippen LogP contribution in [-0.2, 0) is 9.47 Å². The topological polar surface area (TPSA) is 30.5 Å². The van der Waals surface area contributed by atoms with E-state index < -0.39 is 0 Å². The Morgan fingerprint density at radius 1 is 1.40 bits per heavy atom. The molecule has 3 heterocycles. The maximum Gasteiger partial charge on any atom is 0.0729 e. The highest BCUT2D eigenvalue weighted by molar-refractivity contribution is 7.10. The van der Waals surface area contributed by atoms with Crippen molar-refractivity contribution in [3.63, 3.8) is 0 Å². The Hall–Kier alpha value is -0.420. The molecule has 0 radical (unpaired) electrons. The first-order valence-electron chi connectivity index (χ1n) is 7.81. The van der Waals surface area contributed by atoms with Gasteiger partial charge in [-0.3, -0.25) is 0 Å². The highest BCUT2D eigenvalue weighted by Gasteiger charge is 2.41. The maximum absolute atomic E-state index is 6.18. The summed E-state index contributed by atoms with van der Waals surface area (Å²) >= 11 is 1.87. The highest BCUT2D eigenvalue weighted by atomic mass is 32.1. The average Bonchev–Trinajstić information content (AvgIpc) is 2.99. The molecule has 2 atom stereocenters. The molecule has 2 aliphatic rings. The zero-order chi connectivity index (χ0) is 13.8. The summed E-state index contributed by atoms with van der Waals surface area (Å²) in [6.07, 6.45) is 4.46. The zero-order valence-corrected chi connectivity index (χ0v) is 13.1. The summed E-state index contributed by atoms with van der Waals surface area (Å²) in [6.45, 7) is 5.84. The van der Waals surface area contributed by atoms with E-state index in [1.807, 2.05) is 11.3 Å². The van der Waals surface area contributed by atoms with E-state index in [1.54, 1.807) is 0 Å². The average molecular weight is 295 g/mol. The van der Waals surface area contributed by atoms with E-state index >= 15 is 0 Å². The summed E-state index contributed by atoms with van der Waals surface area (Å²) in [5.74, 6) is 0.681. The number of rotatable bonds is 4. The SMILES string of the molecule is CCNC(c1cccs1)C1CCOC2(CCOCC2)C1. The molecule has 2 fully saturated rings. The second-order valence-electron chi connectivity index (χ2n) is 5.95. The van der Waals surface area contributed by atoms with Crippen molar-refractivity contribution >= 4 is 11.3 Å². The number of nitrogens with one attached hydrogen (secondary N) is 1. The molecular formula is C16H25NO2S. The fraction of sp³-hybridized carbons (Fsp3) is 0.750. The van der Waals surface area contributed by atoms with Crippen LogP contribution in [0.4, 0.5) is 0 Å². The van der Waals surface area contributed by atoms with Crippen LogP contribution >= 0.6 is 11.3 Å². The summed E-state index contributed by atoms with van der Waals surface area (Å²) in [6, 6.07) is 4.92. The predicted octanol–water partition coefficient (Wildman–Crippen LogP) is 3.37. The largest absolute Gasteiger partial charge is 0.381 e. The fourth-order valence-corrected chi connectivity index (χ4v) is 4.52. The quantitative estimate of drug-likeness (QED) is 0.924. The van der Waals surface area contributed by atoms with Crippen LogP contribution in [0.1, 0.15) is 43.5 Å². The van der Waals surface area contributed by atoms with Gasteiger partial charge in [-0.25, -0.2) is 0 Å². The van der Waals surface area contributed by atoms with Gasteiger partial charge >= 0.3 is 0 Å². The lowest BCUT2D eigenvalue weighted by Crippen LogP contribution is -2.46. The maximum atomic E-state index is 6.18. The van der Waals surface area contributed by atoms with Crippen molar-refractivity contribution in [1.29, 1.82) is 0 Å². The van der Waals surface area contributed by atoms with Gasteiger partial charge in [0.15, 0.2) is 0 Å². The van der Waals surface area contributed by atoms with Crippen LogP contribution in [-0.4, -0.2) is 32.0 Å². The van der Waals surface area contributed by atoms with Crippen molar-refractivity contribution in [2.24, 2.45) is 5.92 Å². The van der Waals surface area contributed by atoms with Gasteiger partial charge in [-0.2, -0.15) is 0 Å². The molecule has 1 N–H and O–H groups in total. The van der Waals surface area contributed by atoms with Crippen molar-refractivity contribution in [1.82, 2.24) is 5.32 Å². The molecule has 1 spiro atoms. The molecule has 4 heteroatoms. The molecule has 0 bridgehead atoms. The van der Waals surface area contributed by atoms with Crippen molar-refractivity contribution in [2.75, 3.05) is 26.4 Å². The van der Waals surface area contributed by atoms with Crippen molar-refractivity contribution in [2.45, 2.75) is 44.2 Å². The first-order chi connectivity index (χ1) is 9.83. The van der Waals surface area contributed by atoms with E-state index in [-0.39, 0.29) is 5.60 Å². The van der Waals surface area contributed by atoms with E-state index in [0.717, 1.165) is 45.6 Å². The molecule has 2 unspecified atom stereocenters. The monoisotopic (exact) mass is 295 g/mol. The fourth-order valence-electron chi connectivity index (χ4n) is 3.63. The number of thiophene rings is 1. The van der Waals surface area contributed by atoms with E-state index in [2.05, 4.69) is 29.8 Å². The summed E-state index contributed by atoms with van der Waals surface area (Å²) < 4.78 is 11.7. The Kier molecular flexibility index (Phi) is 4.76. The Morgan fingerprint density at radius 2 is 2.25 bits per heavy atom. The second kappa shape index (κ2) is 6.56. The Balaban J connectivity index is 1.73. The van der Waals surface area contributed by atoms with Crippen molar-refractivity contribution in [3.8, 4) is 0 Å². The molecule has 3 nitrogen and oxygen atoms in total. The zero-order valence-electron chi connectivity index (χ0n) is 12.3. The summed E-state index contributed by atoms with van der Waals surface area (Å²) in [7, 11) is 0. The number of ether oxygens (including phenoxy) is 2. The van der Waals surface area contributed by atoms with Gasteiger partial charge in [-0.1, -0.05) is 13.0 Å². The van der Waals surface area contributed by atoms with Gasteiger partial charge in [0.1, 0.15) is 0 Å². The van der Waals surface area contributed by atoms with Gasteiger partial charge in [-0.15, -0.1) is 11.3 Å². The minimum Gasteiger partial charge on any atom is -0.381 e. The van der Waals surface area contributed by atoms with Gasteiger partial charge in [-0.05, 0) is 49.6 Å². The third kappa shape index (κ3) is 3.08. The molecule has 0 aromatic carbocycles. The first-order valence-corrected chi connectivity index (χ1v) is 8.69. The third-order valence-electron chi connectivity index (χ3n) is 4.68. The molecule has 20 heavy (non-hydrogen) atoms. The number of hydrogen-bond donors (Lipinski definition) is 1. The molecule has 0 saturated carbocycles. The minimum atomic E-state index is 0.0894. The first kappa shape index (κ1) is 14.5. The van der Waals surface area contributed by atoms with E-state index in [1.165, 1.54) is 11.3 Å². The molecule has 0 aliphatic carbocycles. The normalized spacial score (nSPS) is 27.6. The number of hydrogen-bond acceptors (Lipinski definition) is 4. The van der Waals surface area contributed by atoms with Gasteiger partial charge in [0.05, 0.1) is 5.60 Å². The van der Waals surface area contributed by atoms with Crippen LogP contribution in [0, 0.1) is 5.92 Å². The molecule has 2 aliphatic heterocycles. The Morgan fingerprint density at radius 3 is 2.95 bits per heavy atom. The van der Waals surface area contributed by atoms with Gasteiger partial charge < -0.3 is 14.8 Å². The highest BCUT2D eigenvalue weighted by Crippen LogP contribution is 2.42. The van der Waals surface area contributed by atoms with E-state index in [9.17, 15) is 0 Å². The Bertz CT molecular complexity index is 395. The lowest BCUT2D eigenvalue weighted by Gasteiger charge is -2.45. The van der Waals surface area contributed by atoms with Crippen molar-refractivity contribution in [3.05, 3.63) is 22.4 Å². The molecule has 3 rings (SSSR count). The van der Waals surface area contributed by atoms with Crippen molar-refractivity contribution < 1.29 is 9.47 Å². The van der Waals surface area contributed by atoms with Crippen LogP contribution in [0.25, 0.3) is 0 Å². The van der Waals surface area contributed by atoms with Gasteiger partial charge in [0.2, 0.25) is 0 Å². The summed E-state index contributed by atoms with van der Waals surface area (Å²) in [5, 5.41) is 5.88. The van der Waals surface area contributed by atoms with Crippen LogP contribution < -0.4 is 5.32 Å².